The van der Waals surface area contributed by atoms with E-state index in [0.717, 1.165) is 22.0 Å². The summed E-state index contributed by atoms with van der Waals surface area (Å²) < 4.78 is 53.4. The molecule has 1 aromatic heterocycles. The zero-order valence-electron chi connectivity index (χ0n) is 14.5. The highest BCUT2D eigenvalue weighted by Crippen LogP contribution is 2.22. The van der Waals surface area contributed by atoms with Gasteiger partial charge in [-0.25, -0.2) is 17.2 Å². The Labute approximate surface area is 156 Å². The lowest BCUT2D eigenvalue weighted by Gasteiger charge is -2.34. The number of hydrogen-bond donors (Lipinski definition) is 0. The molecule has 0 radical (unpaired) electrons. The first-order valence-corrected chi connectivity index (χ1v) is 9.94. The van der Waals surface area contributed by atoms with E-state index in [1.54, 1.807) is 23.4 Å². The van der Waals surface area contributed by atoms with Gasteiger partial charge in [-0.2, -0.15) is 4.31 Å². The molecule has 2 aromatic rings. The number of hydrogen-bond acceptors (Lipinski definition) is 4. The molecular weight excluding hydrogens is 376 g/mol. The number of carbonyl (C=O) groups is 1. The molecule has 1 aliphatic rings. The van der Waals surface area contributed by atoms with E-state index in [1.165, 1.54) is 0 Å². The number of nitrogens with zero attached hydrogens (tertiary/aromatic N) is 3. The molecule has 6 nitrogen and oxygen atoms in total. The van der Waals surface area contributed by atoms with Crippen molar-refractivity contribution in [1.82, 2.24) is 14.2 Å². The third-order valence-corrected chi connectivity index (χ3v) is 6.37. The van der Waals surface area contributed by atoms with Gasteiger partial charge in [-0.1, -0.05) is 6.07 Å². The molecule has 0 unspecified atom stereocenters. The lowest BCUT2D eigenvalue weighted by atomic mass is 10.1. The minimum Gasteiger partial charge on any atom is -0.340 e. The van der Waals surface area contributed by atoms with Crippen LogP contribution in [0.2, 0.25) is 0 Å². The monoisotopic (exact) mass is 395 g/mol. The first-order valence-electron chi connectivity index (χ1n) is 8.50. The Morgan fingerprint density at radius 1 is 1.11 bits per heavy atom. The summed E-state index contributed by atoms with van der Waals surface area (Å²) in [5.74, 6) is -1.89. The highest BCUT2D eigenvalue weighted by Gasteiger charge is 2.32. The summed E-state index contributed by atoms with van der Waals surface area (Å²) in [7, 11) is -4.15. The van der Waals surface area contributed by atoms with Crippen molar-refractivity contribution in [3.05, 3.63) is 59.9 Å². The van der Waals surface area contributed by atoms with Crippen molar-refractivity contribution in [2.75, 3.05) is 26.2 Å². The first-order chi connectivity index (χ1) is 12.9. The summed E-state index contributed by atoms with van der Waals surface area (Å²) >= 11 is 0. The molecule has 1 aromatic carbocycles. The standard InChI is InChI=1S/C18H19F2N3O3S/c19-15-4-5-16(20)17(12-15)27(25,26)23-10-8-22(9-11-23)18(24)6-3-14-2-1-7-21-13-14/h1-2,4-5,7,12-13H,3,6,8-11H2. The van der Waals surface area contributed by atoms with Crippen LogP contribution < -0.4 is 0 Å². The van der Waals surface area contributed by atoms with Crippen LogP contribution in [-0.4, -0.2) is 54.7 Å². The maximum atomic E-state index is 13.8. The predicted molar refractivity (Wildman–Crippen MR) is 94.3 cm³/mol. The van der Waals surface area contributed by atoms with Gasteiger partial charge in [0.05, 0.1) is 0 Å². The van der Waals surface area contributed by atoms with Gasteiger partial charge in [0.1, 0.15) is 16.5 Å². The zero-order chi connectivity index (χ0) is 19.4. The van der Waals surface area contributed by atoms with Crippen LogP contribution in [0.4, 0.5) is 8.78 Å². The number of aryl methyl sites for hydroxylation is 1. The van der Waals surface area contributed by atoms with Crippen LogP contribution >= 0.6 is 0 Å². The summed E-state index contributed by atoms with van der Waals surface area (Å²) in [6, 6.07) is 6.02. The average Bonchev–Trinajstić information content (AvgIpc) is 2.68. The Balaban J connectivity index is 1.59. The zero-order valence-corrected chi connectivity index (χ0v) is 15.3. The van der Waals surface area contributed by atoms with Crippen LogP contribution in [0.15, 0.2) is 47.6 Å². The van der Waals surface area contributed by atoms with Gasteiger partial charge in [0, 0.05) is 45.0 Å². The summed E-state index contributed by atoms with van der Waals surface area (Å²) in [6.07, 6.45) is 4.22. The van der Waals surface area contributed by atoms with E-state index in [-0.39, 0.29) is 32.1 Å². The third kappa shape index (κ3) is 4.48. The minimum absolute atomic E-state index is 0.0386. The van der Waals surface area contributed by atoms with Crippen molar-refractivity contribution in [3.8, 4) is 0 Å². The molecular formula is C18H19F2N3O3S. The summed E-state index contributed by atoms with van der Waals surface area (Å²) in [6.45, 7) is 0.498. The highest BCUT2D eigenvalue weighted by molar-refractivity contribution is 7.89. The van der Waals surface area contributed by atoms with Gasteiger partial charge in [0.25, 0.3) is 0 Å². The molecule has 0 aliphatic carbocycles. The smallest absolute Gasteiger partial charge is 0.246 e. The van der Waals surface area contributed by atoms with Gasteiger partial charge in [0.2, 0.25) is 15.9 Å². The molecule has 0 saturated carbocycles. The van der Waals surface area contributed by atoms with E-state index in [1.807, 2.05) is 6.07 Å². The maximum absolute atomic E-state index is 13.8. The molecule has 1 saturated heterocycles. The number of carbonyl (C=O) groups excluding carboxylic acids is 1. The lowest BCUT2D eigenvalue weighted by Crippen LogP contribution is -2.50. The summed E-state index contributed by atoms with van der Waals surface area (Å²) in [5, 5.41) is 0. The first kappa shape index (κ1) is 19.4. The fourth-order valence-corrected chi connectivity index (χ4v) is 4.45. The molecule has 1 amide bonds. The second kappa shape index (κ2) is 8.10. The number of pyridine rings is 1. The molecule has 3 rings (SSSR count). The fraction of sp³-hybridized carbons (Fsp3) is 0.333. The Morgan fingerprint density at radius 2 is 1.85 bits per heavy atom. The van der Waals surface area contributed by atoms with E-state index in [4.69, 9.17) is 0 Å². The van der Waals surface area contributed by atoms with E-state index in [9.17, 15) is 22.0 Å². The average molecular weight is 395 g/mol. The van der Waals surface area contributed by atoms with Crippen molar-refractivity contribution in [2.45, 2.75) is 17.7 Å². The molecule has 1 aliphatic heterocycles. The van der Waals surface area contributed by atoms with E-state index in [2.05, 4.69) is 4.98 Å². The number of rotatable bonds is 5. The molecule has 1 fully saturated rings. The van der Waals surface area contributed by atoms with Crippen molar-refractivity contribution in [3.63, 3.8) is 0 Å². The normalized spacial score (nSPS) is 15.7. The summed E-state index contributed by atoms with van der Waals surface area (Å²) in [4.78, 5) is 17.2. The number of sulfonamides is 1. The van der Waals surface area contributed by atoms with Crippen LogP contribution in [0.25, 0.3) is 0 Å². The van der Waals surface area contributed by atoms with E-state index in [0.29, 0.717) is 18.9 Å². The molecule has 2 heterocycles. The largest absolute Gasteiger partial charge is 0.340 e. The quantitative estimate of drug-likeness (QED) is 0.775. The van der Waals surface area contributed by atoms with Crippen LogP contribution in [0.1, 0.15) is 12.0 Å². The van der Waals surface area contributed by atoms with Gasteiger partial charge >= 0.3 is 0 Å². The van der Waals surface area contributed by atoms with E-state index < -0.39 is 26.6 Å². The lowest BCUT2D eigenvalue weighted by molar-refractivity contribution is -0.132. The maximum Gasteiger partial charge on any atom is 0.246 e. The number of piperazine rings is 1. The topological polar surface area (TPSA) is 70.6 Å². The Bertz CT molecular complexity index is 915. The molecule has 0 N–H and O–H groups in total. The Kier molecular flexibility index (Phi) is 5.81. The van der Waals surface area contributed by atoms with Gasteiger partial charge < -0.3 is 4.90 Å². The van der Waals surface area contributed by atoms with Gasteiger partial charge in [-0.15, -0.1) is 0 Å². The van der Waals surface area contributed by atoms with Crippen LogP contribution in [-0.2, 0) is 21.2 Å². The van der Waals surface area contributed by atoms with Gasteiger partial charge in [-0.3, -0.25) is 9.78 Å². The molecule has 27 heavy (non-hydrogen) atoms. The van der Waals surface area contributed by atoms with Crippen molar-refractivity contribution >= 4 is 15.9 Å². The SMILES string of the molecule is O=C(CCc1cccnc1)N1CCN(S(=O)(=O)c2cc(F)ccc2F)CC1. The molecule has 144 valence electrons. The van der Waals surface area contributed by atoms with Crippen molar-refractivity contribution < 1.29 is 22.0 Å². The highest BCUT2D eigenvalue weighted by atomic mass is 32.2. The van der Waals surface area contributed by atoms with Gasteiger partial charge in [-0.05, 0) is 36.2 Å². The Hall–Kier alpha value is -2.39. The van der Waals surface area contributed by atoms with Gasteiger partial charge in [0.15, 0.2) is 0 Å². The minimum atomic E-state index is -4.15. The molecule has 0 atom stereocenters. The molecule has 0 spiro atoms. The van der Waals surface area contributed by atoms with Crippen LogP contribution in [0, 0.1) is 11.6 Å². The molecule has 0 bridgehead atoms. The second-order valence-corrected chi connectivity index (χ2v) is 8.13. The number of halogens is 2. The third-order valence-electron chi connectivity index (χ3n) is 4.45. The predicted octanol–water partition coefficient (Wildman–Crippen LogP) is 1.83. The van der Waals surface area contributed by atoms with Crippen LogP contribution in [0.3, 0.4) is 0 Å². The van der Waals surface area contributed by atoms with E-state index >= 15 is 0 Å². The number of amides is 1. The number of aromatic nitrogens is 1. The summed E-state index contributed by atoms with van der Waals surface area (Å²) in [5.41, 5.74) is 0.952. The second-order valence-electron chi connectivity index (χ2n) is 6.22. The van der Waals surface area contributed by atoms with Crippen molar-refractivity contribution in [2.24, 2.45) is 0 Å². The Morgan fingerprint density at radius 3 is 2.52 bits per heavy atom. The molecule has 9 heteroatoms. The van der Waals surface area contributed by atoms with Crippen LogP contribution in [0.5, 0.6) is 0 Å². The number of benzene rings is 1. The fourth-order valence-electron chi connectivity index (χ4n) is 2.95. The van der Waals surface area contributed by atoms with Crippen molar-refractivity contribution in [1.29, 1.82) is 0 Å².